The average molecular weight is 277 g/mol. The number of ether oxygens (including phenoxy) is 1. The minimum atomic E-state index is 0.802. The van der Waals surface area contributed by atoms with Crippen LogP contribution in [-0.4, -0.2) is 0 Å². The monoisotopic (exact) mass is 276 g/mol. The Kier molecular flexibility index (Phi) is 3.62. The second-order valence-corrected chi connectivity index (χ2v) is 4.22. The Hall–Kier alpha value is -1.28. The summed E-state index contributed by atoms with van der Waals surface area (Å²) in [4.78, 5) is 0. The number of aryl methyl sites for hydroxylation is 1. The minimum absolute atomic E-state index is 0.802. The van der Waals surface area contributed by atoms with Gasteiger partial charge in [0.05, 0.1) is 0 Å². The third-order valence-corrected chi connectivity index (χ3v) is 2.94. The summed E-state index contributed by atoms with van der Waals surface area (Å²) in [5.74, 6) is 1.78. The van der Waals surface area contributed by atoms with Gasteiger partial charge in [0.2, 0.25) is 0 Å². The van der Waals surface area contributed by atoms with Gasteiger partial charge in [0, 0.05) is 10.9 Å². The molecule has 2 aromatic carbocycles. The second-order valence-electron chi connectivity index (χ2n) is 3.66. The summed E-state index contributed by atoms with van der Waals surface area (Å²) in [6.45, 7) is 2.08. The number of hydrogen-bond donors (Lipinski definition) is 0. The van der Waals surface area contributed by atoms with E-state index in [1.54, 1.807) is 0 Å². The largest absolute Gasteiger partial charge is 0.457 e. The lowest BCUT2D eigenvalue weighted by atomic mass is 10.1. The summed E-state index contributed by atoms with van der Waals surface area (Å²) in [6, 6.07) is 16.0. The molecule has 0 amide bonds. The molecule has 0 atom stereocenters. The predicted octanol–water partition coefficient (Wildman–Crippen LogP) is 4.68. The van der Waals surface area contributed by atoms with E-state index in [1.165, 1.54) is 11.1 Å². The fourth-order valence-corrected chi connectivity index (χ4v) is 1.97. The Morgan fingerprint density at radius 2 is 1.81 bits per heavy atom. The predicted molar refractivity (Wildman–Crippen MR) is 70.3 cm³/mol. The van der Waals surface area contributed by atoms with Gasteiger partial charge in [-0.15, -0.1) is 0 Å². The average Bonchev–Trinajstić information content (AvgIpc) is 2.33. The number of hydrogen-bond acceptors (Lipinski definition) is 1. The number of benzene rings is 2. The first kappa shape index (κ1) is 11.2. The lowest BCUT2D eigenvalue weighted by molar-refractivity contribution is 0.478. The van der Waals surface area contributed by atoms with Crippen molar-refractivity contribution in [2.75, 3.05) is 0 Å². The first-order valence-electron chi connectivity index (χ1n) is 5.18. The fraction of sp³-hybridized carbons (Fsp3) is 0.143. The van der Waals surface area contributed by atoms with Crippen molar-refractivity contribution in [3.63, 3.8) is 0 Å². The van der Waals surface area contributed by atoms with Crippen LogP contribution < -0.4 is 4.74 Å². The van der Waals surface area contributed by atoms with Gasteiger partial charge < -0.3 is 4.74 Å². The molecule has 0 fully saturated rings. The van der Waals surface area contributed by atoms with Crippen molar-refractivity contribution in [2.24, 2.45) is 0 Å². The van der Waals surface area contributed by atoms with Gasteiger partial charge in [0.25, 0.3) is 0 Å². The molecule has 0 saturated carbocycles. The molecule has 1 nitrogen and oxygen atoms in total. The van der Waals surface area contributed by atoms with Crippen LogP contribution in [0.2, 0.25) is 0 Å². The molecule has 0 saturated heterocycles. The van der Waals surface area contributed by atoms with E-state index < -0.39 is 0 Å². The summed E-state index contributed by atoms with van der Waals surface area (Å²) in [6.07, 6.45) is 0. The zero-order chi connectivity index (χ0) is 11.4. The first-order chi connectivity index (χ1) is 7.79. The molecular formula is C14H13BrO. The van der Waals surface area contributed by atoms with Crippen LogP contribution in [0.25, 0.3) is 0 Å². The summed E-state index contributed by atoms with van der Waals surface area (Å²) < 4.78 is 5.83. The molecule has 0 unspecified atom stereocenters. The van der Waals surface area contributed by atoms with Gasteiger partial charge in [0.15, 0.2) is 0 Å². The van der Waals surface area contributed by atoms with E-state index in [2.05, 4.69) is 35.0 Å². The van der Waals surface area contributed by atoms with E-state index in [1.807, 2.05) is 36.4 Å². The normalized spacial score (nSPS) is 10.1. The standard InChI is InChI=1S/C14H13BrO/c1-11-7-8-14(12(9-11)10-15)16-13-5-3-2-4-6-13/h2-9H,10H2,1H3. The maximum absolute atomic E-state index is 5.83. The van der Waals surface area contributed by atoms with E-state index in [-0.39, 0.29) is 0 Å². The Labute approximate surface area is 104 Å². The van der Waals surface area contributed by atoms with Crippen molar-refractivity contribution in [1.82, 2.24) is 0 Å². The van der Waals surface area contributed by atoms with Gasteiger partial charge in [0.1, 0.15) is 11.5 Å². The smallest absolute Gasteiger partial charge is 0.131 e. The van der Waals surface area contributed by atoms with Crippen LogP contribution in [0.1, 0.15) is 11.1 Å². The molecule has 0 heterocycles. The summed E-state index contributed by atoms with van der Waals surface area (Å²) in [5, 5.41) is 0.802. The molecule has 16 heavy (non-hydrogen) atoms. The molecule has 82 valence electrons. The molecule has 0 aliphatic heterocycles. The molecular weight excluding hydrogens is 264 g/mol. The van der Waals surface area contributed by atoms with Crippen LogP contribution >= 0.6 is 15.9 Å². The first-order valence-corrected chi connectivity index (χ1v) is 6.30. The van der Waals surface area contributed by atoms with Gasteiger partial charge in [-0.2, -0.15) is 0 Å². The molecule has 0 radical (unpaired) electrons. The van der Waals surface area contributed by atoms with Crippen LogP contribution in [0.15, 0.2) is 48.5 Å². The molecule has 0 N–H and O–H groups in total. The van der Waals surface area contributed by atoms with Gasteiger partial charge in [-0.25, -0.2) is 0 Å². The Balaban J connectivity index is 2.28. The van der Waals surface area contributed by atoms with E-state index in [4.69, 9.17) is 4.74 Å². The zero-order valence-electron chi connectivity index (χ0n) is 9.11. The maximum atomic E-state index is 5.83. The van der Waals surface area contributed by atoms with Crippen LogP contribution in [0.5, 0.6) is 11.5 Å². The van der Waals surface area contributed by atoms with E-state index >= 15 is 0 Å². The zero-order valence-corrected chi connectivity index (χ0v) is 10.7. The van der Waals surface area contributed by atoms with Crippen LogP contribution in [0.4, 0.5) is 0 Å². The number of para-hydroxylation sites is 1. The quantitative estimate of drug-likeness (QED) is 0.740. The SMILES string of the molecule is Cc1ccc(Oc2ccccc2)c(CBr)c1. The maximum Gasteiger partial charge on any atom is 0.131 e. The molecule has 0 aliphatic rings. The van der Waals surface area contributed by atoms with Gasteiger partial charge in [-0.1, -0.05) is 51.8 Å². The topological polar surface area (TPSA) is 9.23 Å². The van der Waals surface area contributed by atoms with Crippen LogP contribution in [-0.2, 0) is 5.33 Å². The van der Waals surface area contributed by atoms with Crippen molar-refractivity contribution in [3.05, 3.63) is 59.7 Å². The van der Waals surface area contributed by atoms with E-state index in [0.29, 0.717) is 0 Å². The van der Waals surface area contributed by atoms with Crippen molar-refractivity contribution >= 4 is 15.9 Å². The van der Waals surface area contributed by atoms with Gasteiger partial charge in [-0.3, -0.25) is 0 Å². The highest BCUT2D eigenvalue weighted by Crippen LogP contribution is 2.27. The molecule has 0 spiro atoms. The van der Waals surface area contributed by atoms with Crippen LogP contribution in [0, 0.1) is 6.92 Å². The lowest BCUT2D eigenvalue weighted by Crippen LogP contribution is -1.90. The van der Waals surface area contributed by atoms with Gasteiger partial charge >= 0.3 is 0 Å². The van der Waals surface area contributed by atoms with Crippen molar-refractivity contribution < 1.29 is 4.74 Å². The number of alkyl halides is 1. The van der Waals surface area contributed by atoms with Crippen molar-refractivity contribution in [3.8, 4) is 11.5 Å². The highest BCUT2D eigenvalue weighted by atomic mass is 79.9. The van der Waals surface area contributed by atoms with Crippen molar-refractivity contribution in [2.45, 2.75) is 12.3 Å². The molecule has 0 aromatic heterocycles. The Morgan fingerprint density at radius 1 is 1.06 bits per heavy atom. The highest BCUT2D eigenvalue weighted by molar-refractivity contribution is 9.08. The van der Waals surface area contributed by atoms with E-state index in [0.717, 1.165) is 16.8 Å². The molecule has 0 aliphatic carbocycles. The summed E-state index contributed by atoms with van der Waals surface area (Å²) in [5.41, 5.74) is 2.42. The van der Waals surface area contributed by atoms with E-state index in [9.17, 15) is 0 Å². The minimum Gasteiger partial charge on any atom is -0.457 e. The van der Waals surface area contributed by atoms with Crippen molar-refractivity contribution in [1.29, 1.82) is 0 Å². The highest BCUT2D eigenvalue weighted by Gasteiger charge is 2.03. The molecule has 2 heteroatoms. The molecule has 2 rings (SSSR count). The van der Waals surface area contributed by atoms with Gasteiger partial charge in [-0.05, 0) is 25.1 Å². The third-order valence-electron chi connectivity index (χ3n) is 2.33. The third kappa shape index (κ3) is 2.64. The van der Waals surface area contributed by atoms with Crippen LogP contribution in [0.3, 0.4) is 0 Å². The molecule has 0 bridgehead atoms. The summed E-state index contributed by atoms with van der Waals surface area (Å²) in [7, 11) is 0. The lowest BCUT2D eigenvalue weighted by Gasteiger charge is -2.10. The second kappa shape index (κ2) is 5.17. The fourth-order valence-electron chi connectivity index (χ4n) is 1.53. The Bertz CT molecular complexity index is 465. The Morgan fingerprint density at radius 3 is 2.50 bits per heavy atom. The molecule has 2 aromatic rings. The number of rotatable bonds is 3. The summed E-state index contributed by atoms with van der Waals surface area (Å²) >= 11 is 3.48. The number of halogens is 1.